The monoisotopic (exact) mass is 320 g/mol. The highest BCUT2D eigenvalue weighted by Crippen LogP contribution is 2.19. The normalized spacial score (nSPS) is 11.9. The summed E-state index contributed by atoms with van der Waals surface area (Å²) in [6.07, 6.45) is 1.33. The van der Waals surface area contributed by atoms with E-state index in [1.165, 1.54) is 30.1 Å². The summed E-state index contributed by atoms with van der Waals surface area (Å²) in [5, 5.41) is -0.327. The van der Waals surface area contributed by atoms with Gasteiger partial charge in [0.2, 0.25) is 5.09 Å². The summed E-state index contributed by atoms with van der Waals surface area (Å²) < 4.78 is 31.8. The Hall–Kier alpha value is -2.65. The van der Waals surface area contributed by atoms with Crippen LogP contribution in [0.15, 0.2) is 46.2 Å². The van der Waals surface area contributed by atoms with E-state index in [0.717, 1.165) is 0 Å². The van der Waals surface area contributed by atoms with Gasteiger partial charge in [0.05, 0.1) is 11.0 Å². The number of hydrogen-bond acceptors (Lipinski definition) is 6. The molecule has 0 aliphatic rings. The van der Waals surface area contributed by atoms with E-state index < -0.39 is 15.9 Å². The number of sulfonamides is 1. The summed E-state index contributed by atoms with van der Waals surface area (Å²) in [5.41, 5.74) is 7.30. The van der Waals surface area contributed by atoms with Crippen LogP contribution in [-0.2, 0) is 10.0 Å². The van der Waals surface area contributed by atoms with Gasteiger partial charge in [-0.25, -0.2) is 18.1 Å². The molecule has 9 heteroatoms. The molecule has 0 spiro atoms. The first-order chi connectivity index (χ1) is 10.4. The third-order valence-electron chi connectivity index (χ3n) is 3.12. The molecule has 0 amide bonds. The van der Waals surface area contributed by atoms with E-state index in [2.05, 4.69) is 9.71 Å². The summed E-state index contributed by atoms with van der Waals surface area (Å²) >= 11 is 0. The van der Waals surface area contributed by atoms with Crippen molar-refractivity contribution in [3.05, 3.63) is 42.4 Å². The van der Waals surface area contributed by atoms with Crippen molar-refractivity contribution < 1.29 is 17.6 Å². The number of anilines is 1. The minimum Gasteiger partial charge on any atom is -0.438 e. The number of benzene rings is 1. The van der Waals surface area contributed by atoms with Gasteiger partial charge in [0.25, 0.3) is 15.9 Å². The number of imidazole rings is 1. The molecule has 0 fully saturated rings. The number of carbonyl (C=O) groups is 1. The van der Waals surface area contributed by atoms with Gasteiger partial charge in [-0.1, -0.05) is 0 Å². The van der Waals surface area contributed by atoms with Crippen molar-refractivity contribution in [2.45, 2.75) is 5.09 Å². The van der Waals surface area contributed by atoms with Crippen LogP contribution in [0.5, 0.6) is 0 Å². The summed E-state index contributed by atoms with van der Waals surface area (Å²) in [6.45, 7) is 0. The van der Waals surface area contributed by atoms with Gasteiger partial charge in [-0.2, -0.15) is 0 Å². The fraction of sp³-hybridized carbons (Fsp3) is 0.0769. The van der Waals surface area contributed by atoms with Crippen LogP contribution < -0.4 is 10.5 Å². The molecule has 1 aromatic carbocycles. The molecule has 114 valence electrons. The molecule has 22 heavy (non-hydrogen) atoms. The fourth-order valence-corrected chi connectivity index (χ4v) is 2.64. The lowest BCUT2D eigenvalue weighted by molar-refractivity contribution is 0.0931. The highest BCUT2D eigenvalue weighted by Gasteiger charge is 2.21. The molecule has 0 radical (unpaired) electrons. The zero-order valence-electron chi connectivity index (χ0n) is 11.5. The molecule has 8 nitrogen and oxygen atoms in total. The van der Waals surface area contributed by atoms with Gasteiger partial charge in [0.15, 0.2) is 5.76 Å². The Kier molecular flexibility index (Phi) is 3.23. The second-order valence-corrected chi connectivity index (χ2v) is 6.31. The number of nitrogens with two attached hydrogens (primary N) is 1. The number of nitrogen functional groups attached to an aromatic ring is 1. The Labute approximate surface area is 125 Å². The van der Waals surface area contributed by atoms with E-state index in [0.29, 0.717) is 16.7 Å². The van der Waals surface area contributed by atoms with Gasteiger partial charge in [-0.05, 0) is 37.4 Å². The number of carbonyl (C=O) groups excluding carboxylic acids is 1. The van der Waals surface area contributed by atoms with Crippen molar-refractivity contribution >= 4 is 32.7 Å². The zero-order chi connectivity index (χ0) is 15.9. The Morgan fingerprint density at radius 3 is 2.82 bits per heavy atom. The van der Waals surface area contributed by atoms with Crippen molar-refractivity contribution in [2.24, 2.45) is 0 Å². The van der Waals surface area contributed by atoms with Gasteiger partial charge in [-0.15, -0.1) is 0 Å². The van der Waals surface area contributed by atoms with Gasteiger partial charge in [0, 0.05) is 5.69 Å². The summed E-state index contributed by atoms with van der Waals surface area (Å²) in [4.78, 5) is 16.5. The minimum absolute atomic E-state index is 0.107. The van der Waals surface area contributed by atoms with Crippen molar-refractivity contribution in [1.82, 2.24) is 14.3 Å². The standard InChI is InChI=1S/C13H12N4O4S/c1-15-22(19,20)12-5-4-11(21-12)13(18)17-7-16-9-6-8(14)2-3-10(9)17/h2-7,15H,14H2,1H3. The van der Waals surface area contributed by atoms with Gasteiger partial charge < -0.3 is 10.2 Å². The fourth-order valence-electron chi connectivity index (χ4n) is 1.99. The van der Waals surface area contributed by atoms with Crippen molar-refractivity contribution in [2.75, 3.05) is 12.8 Å². The van der Waals surface area contributed by atoms with E-state index >= 15 is 0 Å². The topological polar surface area (TPSA) is 120 Å². The van der Waals surface area contributed by atoms with E-state index in [1.807, 2.05) is 0 Å². The Morgan fingerprint density at radius 2 is 2.09 bits per heavy atom. The first kappa shape index (κ1) is 14.3. The molecule has 3 rings (SSSR count). The third kappa shape index (κ3) is 2.26. The minimum atomic E-state index is -3.74. The average molecular weight is 320 g/mol. The summed E-state index contributed by atoms with van der Waals surface area (Å²) in [5.74, 6) is -0.630. The van der Waals surface area contributed by atoms with Crippen molar-refractivity contribution in [3.8, 4) is 0 Å². The number of nitrogens with zero attached hydrogens (tertiary/aromatic N) is 2. The lowest BCUT2D eigenvalue weighted by Gasteiger charge is -2.01. The molecule has 0 saturated heterocycles. The Morgan fingerprint density at radius 1 is 1.32 bits per heavy atom. The van der Waals surface area contributed by atoms with Crippen LogP contribution in [0.3, 0.4) is 0 Å². The largest absolute Gasteiger partial charge is 0.438 e. The maximum absolute atomic E-state index is 12.4. The summed E-state index contributed by atoms with van der Waals surface area (Å²) in [6, 6.07) is 7.46. The van der Waals surface area contributed by atoms with Crippen LogP contribution in [-0.4, -0.2) is 30.9 Å². The molecule has 2 heterocycles. The van der Waals surface area contributed by atoms with Crippen LogP contribution >= 0.6 is 0 Å². The van der Waals surface area contributed by atoms with Crippen LogP contribution in [0.25, 0.3) is 11.0 Å². The average Bonchev–Trinajstić information content (AvgIpc) is 3.13. The highest BCUT2D eigenvalue weighted by atomic mass is 32.2. The second-order valence-electron chi connectivity index (χ2n) is 4.49. The first-order valence-corrected chi connectivity index (χ1v) is 7.71. The zero-order valence-corrected chi connectivity index (χ0v) is 12.3. The smallest absolute Gasteiger partial charge is 0.299 e. The van der Waals surface area contributed by atoms with E-state index in [9.17, 15) is 13.2 Å². The lowest BCUT2D eigenvalue weighted by Crippen LogP contribution is -2.18. The molecule has 0 saturated carbocycles. The van der Waals surface area contributed by atoms with Crippen molar-refractivity contribution in [3.63, 3.8) is 0 Å². The molecule has 0 bridgehead atoms. The van der Waals surface area contributed by atoms with E-state index in [4.69, 9.17) is 10.2 Å². The van der Waals surface area contributed by atoms with Crippen LogP contribution in [0.4, 0.5) is 5.69 Å². The number of hydrogen-bond donors (Lipinski definition) is 2. The number of fused-ring (bicyclic) bond motifs is 1. The van der Waals surface area contributed by atoms with E-state index in [-0.39, 0.29) is 10.9 Å². The summed E-state index contributed by atoms with van der Waals surface area (Å²) in [7, 11) is -2.48. The number of furan rings is 1. The molecule has 2 aromatic heterocycles. The predicted molar refractivity (Wildman–Crippen MR) is 78.8 cm³/mol. The second kappa shape index (κ2) is 4.97. The molecular formula is C13H12N4O4S. The van der Waals surface area contributed by atoms with Gasteiger partial charge in [-0.3, -0.25) is 9.36 Å². The van der Waals surface area contributed by atoms with Gasteiger partial charge in [0.1, 0.15) is 6.33 Å². The van der Waals surface area contributed by atoms with Crippen LogP contribution in [0, 0.1) is 0 Å². The number of rotatable bonds is 3. The molecule has 0 atom stereocenters. The molecule has 3 N–H and O–H groups in total. The predicted octanol–water partition coefficient (Wildman–Crippen LogP) is 0.808. The molecular weight excluding hydrogens is 308 g/mol. The highest BCUT2D eigenvalue weighted by molar-refractivity contribution is 7.89. The Bertz CT molecular complexity index is 971. The lowest BCUT2D eigenvalue weighted by atomic mass is 10.3. The SMILES string of the molecule is CNS(=O)(=O)c1ccc(C(=O)n2cnc3cc(N)ccc32)o1. The Balaban J connectivity index is 2.03. The maximum atomic E-state index is 12.4. The quantitative estimate of drug-likeness (QED) is 0.689. The molecule has 0 aliphatic carbocycles. The number of nitrogens with one attached hydrogen (secondary N) is 1. The van der Waals surface area contributed by atoms with Crippen LogP contribution in [0.1, 0.15) is 10.6 Å². The van der Waals surface area contributed by atoms with Crippen molar-refractivity contribution in [1.29, 1.82) is 0 Å². The van der Waals surface area contributed by atoms with Crippen LogP contribution in [0.2, 0.25) is 0 Å². The molecule has 0 aliphatic heterocycles. The van der Waals surface area contributed by atoms with E-state index in [1.54, 1.807) is 18.2 Å². The molecule has 3 aromatic rings. The number of aromatic nitrogens is 2. The molecule has 0 unspecified atom stereocenters. The third-order valence-corrected chi connectivity index (χ3v) is 4.40. The van der Waals surface area contributed by atoms with Gasteiger partial charge >= 0.3 is 0 Å². The maximum Gasteiger partial charge on any atom is 0.299 e. The first-order valence-electron chi connectivity index (χ1n) is 6.23.